The summed E-state index contributed by atoms with van der Waals surface area (Å²) in [7, 11) is 1.70. The summed E-state index contributed by atoms with van der Waals surface area (Å²) in [4.78, 5) is 4.69. The number of hydrogen-bond donors (Lipinski definition) is 0. The van der Waals surface area contributed by atoms with Gasteiger partial charge in [0.25, 0.3) is 0 Å². The van der Waals surface area contributed by atoms with E-state index in [0.29, 0.717) is 30.5 Å². The van der Waals surface area contributed by atoms with Crippen molar-refractivity contribution in [2.75, 3.05) is 13.7 Å². The normalized spacial score (nSPS) is 11.1. The molecular formula is C23H23ClN4O2S2. The van der Waals surface area contributed by atoms with E-state index in [9.17, 15) is 0 Å². The molecule has 0 aliphatic carbocycles. The highest BCUT2D eigenvalue weighted by Gasteiger charge is 2.15. The Morgan fingerprint density at radius 1 is 1.12 bits per heavy atom. The van der Waals surface area contributed by atoms with Gasteiger partial charge in [-0.05, 0) is 37.3 Å². The number of thioether (sulfide) groups is 1. The Labute approximate surface area is 200 Å². The molecule has 0 bridgehead atoms. The zero-order valence-corrected chi connectivity index (χ0v) is 20.2. The third-order valence-corrected chi connectivity index (χ3v) is 6.76. The maximum absolute atomic E-state index is 5.91. The van der Waals surface area contributed by atoms with E-state index >= 15 is 0 Å². The monoisotopic (exact) mass is 486 g/mol. The van der Waals surface area contributed by atoms with Crippen molar-refractivity contribution >= 4 is 34.7 Å². The Hall–Kier alpha value is -2.39. The van der Waals surface area contributed by atoms with Crippen molar-refractivity contribution < 1.29 is 9.47 Å². The van der Waals surface area contributed by atoms with Crippen molar-refractivity contribution in [2.45, 2.75) is 31.0 Å². The van der Waals surface area contributed by atoms with Gasteiger partial charge in [-0.1, -0.05) is 47.1 Å². The first-order valence-corrected chi connectivity index (χ1v) is 12.3. The Morgan fingerprint density at radius 2 is 1.97 bits per heavy atom. The third kappa shape index (κ3) is 5.89. The number of methoxy groups -OCH3 is 1. The molecular weight excluding hydrogens is 464 g/mol. The highest BCUT2D eigenvalue weighted by molar-refractivity contribution is 7.98. The van der Waals surface area contributed by atoms with Gasteiger partial charge in [-0.15, -0.1) is 21.5 Å². The topological polar surface area (TPSA) is 62.1 Å². The van der Waals surface area contributed by atoms with Gasteiger partial charge < -0.3 is 9.47 Å². The largest absolute Gasteiger partial charge is 0.486 e. The van der Waals surface area contributed by atoms with Crippen molar-refractivity contribution in [2.24, 2.45) is 0 Å². The molecule has 2 heterocycles. The number of rotatable bonds is 10. The molecule has 9 heteroatoms. The van der Waals surface area contributed by atoms with Gasteiger partial charge in [0.2, 0.25) is 0 Å². The standard InChI is InChI=1S/C23H23ClN4O2S2/c1-16-4-3-5-17(12-16)22-26-27-23(28(22)10-11-29-2)32-15-19-14-31-21(25-19)13-30-20-8-6-18(24)7-9-20/h3-9,12,14H,10-11,13,15H2,1-2H3. The molecule has 6 nitrogen and oxygen atoms in total. The summed E-state index contributed by atoms with van der Waals surface area (Å²) in [6.07, 6.45) is 0. The van der Waals surface area contributed by atoms with Crippen LogP contribution in [0.25, 0.3) is 11.4 Å². The van der Waals surface area contributed by atoms with Gasteiger partial charge >= 0.3 is 0 Å². The highest BCUT2D eigenvalue weighted by atomic mass is 35.5. The summed E-state index contributed by atoms with van der Waals surface area (Å²) in [5.74, 6) is 2.33. The van der Waals surface area contributed by atoms with Crippen molar-refractivity contribution in [1.29, 1.82) is 0 Å². The van der Waals surface area contributed by atoms with Gasteiger partial charge in [-0.2, -0.15) is 0 Å². The number of thiazole rings is 1. The van der Waals surface area contributed by atoms with Crippen LogP contribution in [0.3, 0.4) is 0 Å². The average Bonchev–Trinajstić information content (AvgIpc) is 3.42. The summed E-state index contributed by atoms with van der Waals surface area (Å²) in [5, 5.41) is 13.4. The first-order valence-electron chi connectivity index (χ1n) is 10.1. The minimum Gasteiger partial charge on any atom is -0.486 e. The fraction of sp³-hybridized carbons (Fsp3) is 0.261. The third-order valence-electron chi connectivity index (χ3n) is 4.64. The molecule has 32 heavy (non-hydrogen) atoms. The minimum atomic E-state index is 0.429. The van der Waals surface area contributed by atoms with E-state index in [1.54, 1.807) is 30.2 Å². The summed E-state index contributed by atoms with van der Waals surface area (Å²) < 4.78 is 13.2. The second-order valence-corrected chi connectivity index (χ2v) is 9.41. The predicted octanol–water partition coefficient (Wildman–Crippen LogP) is 5.88. The molecule has 0 atom stereocenters. The van der Waals surface area contributed by atoms with E-state index in [0.717, 1.165) is 33.0 Å². The fourth-order valence-electron chi connectivity index (χ4n) is 3.07. The van der Waals surface area contributed by atoms with Gasteiger partial charge in [-0.25, -0.2) is 4.98 Å². The molecule has 0 aliphatic heterocycles. The molecule has 4 rings (SSSR count). The molecule has 2 aromatic carbocycles. The Kier molecular flexibility index (Phi) is 7.81. The van der Waals surface area contributed by atoms with Crippen LogP contribution in [-0.2, 0) is 23.6 Å². The van der Waals surface area contributed by atoms with E-state index < -0.39 is 0 Å². The summed E-state index contributed by atoms with van der Waals surface area (Å²) in [5.41, 5.74) is 3.23. The van der Waals surface area contributed by atoms with Crippen LogP contribution in [-0.4, -0.2) is 33.5 Å². The van der Waals surface area contributed by atoms with E-state index in [4.69, 9.17) is 26.1 Å². The second kappa shape index (κ2) is 11.0. The Morgan fingerprint density at radius 3 is 2.75 bits per heavy atom. The van der Waals surface area contributed by atoms with E-state index in [-0.39, 0.29) is 0 Å². The molecule has 0 fully saturated rings. The Balaban J connectivity index is 1.41. The number of ether oxygens (including phenoxy) is 2. The van der Waals surface area contributed by atoms with Crippen LogP contribution in [0.15, 0.2) is 59.1 Å². The number of halogens is 1. The Bertz CT molecular complexity index is 1160. The lowest BCUT2D eigenvalue weighted by atomic mass is 10.1. The molecule has 166 valence electrons. The summed E-state index contributed by atoms with van der Waals surface area (Å²) >= 11 is 9.13. The van der Waals surface area contributed by atoms with Crippen LogP contribution in [0.1, 0.15) is 16.3 Å². The average molecular weight is 487 g/mol. The molecule has 0 N–H and O–H groups in total. The van der Waals surface area contributed by atoms with Gasteiger partial charge in [0.05, 0.1) is 18.8 Å². The van der Waals surface area contributed by atoms with Crippen LogP contribution in [0, 0.1) is 6.92 Å². The van der Waals surface area contributed by atoms with Crippen molar-refractivity contribution in [3.8, 4) is 17.1 Å². The molecule has 0 spiro atoms. The van der Waals surface area contributed by atoms with Crippen molar-refractivity contribution in [1.82, 2.24) is 19.7 Å². The first-order chi connectivity index (χ1) is 15.6. The van der Waals surface area contributed by atoms with Crippen LogP contribution >= 0.6 is 34.7 Å². The second-order valence-electron chi connectivity index (χ2n) is 7.08. The number of aryl methyl sites for hydroxylation is 1. The summed E-state index contributed by atoms with van der Waals surface area (Å²) in [6, 6.07) is 15.6. The number of aromatic nitrogens is 4. The molecule has 0 aliphatic rings. The zero-order valence-electron chi connectivity index (χ0n) is 17.8. The van der Waals surface area contributed by atoms with Crippen LogP contribution in [0.2, 0.25) is 5.02 Å². The van der Waals surface area contributed by atoms with Crippen molar-refractivity contribution in [3.63, 3.8) is 0 Å². The number of benzene rings is 2. The van der Waals surface area contributed by atoms with E-state index in [2.05, 4.69) is 45.3 Å². The van der Waals surface area contributed by atoms with Gasteiger partial charge in [-0.3, -0.25) is 4.57 Å². The lowest BCUT2D eigenvalue weighted by Crippen LogP contribution is -2.07. The zero-order chi connectivity index (χ0) is 22.3. The molecule has 0 saturated carbocycles. The smallest absolute Gasteiger partial charge is 0.191 e. The predicted molar refractivity (Wildman–Crippen MR) is 130 cm³/mol. The van der Waals surface area contributed by atoms with Crippen LogP contribution in [0.5, 0.6) is 5.75 Å². The highest BCUT2D eigenvalue weighted by Crippen LogP contribution is 2.27. The van der Waals surface area contributed by atoms with E-state index in [1.165, 1.54) is 5.56 Å². The molecule has 0 unspecified atom stereocenters. The lowest BCUT2D eigenvalue weighted by Gasteiger charge is -2.09. The minimum absolute atomic E-state index is 0.429. The molecule has 0 saturated heterocycles. The summed E-state index contributed by atoms with van der Waals surface area (Å²) in [6.45, 7) is 3.78. The maximum atomic E-state index is 5.91. The van der Waals surface area contributed by atoms with Gasteiger partial charge in [0.1, 0.15) is 17.4 Å². The number of nitrogens with zero attached hydrogens (tertiary/aromatic N) is 4. The van der Waals surface area contributed by atoms with Crippen molar-refractivity contribution in [3.05, 3.63) is 75.2 Å². The molecule has 0 amide bonds. The van der Waals surface area contributed by atoms with E-state index in [1.807, 2.05) is 30.3 Å². The molecule has 2 aromatic heterocycles. The SMILES string of the molecule is COCCn1c(SCc2csc(COc3ccc(Cl)cc3)n2)nnc1-c1cccc(C)c1. The fourth-order valence-corrected chi connectivity index (χ4v) is 4.87. The maximum Gasteiger partial charge on any atom is 0.191 e. The van der Waals surface area contributed by atoms with Crippen LogP contribution < -0.4 is 4.74 Å². The van der Waals surface area contributed by atoms with Crippen LogP contribution in [0.4, 0.5) is 0 Å². The quantitative estimate of drug-likeness (QED) is 0.261. The molecule has 4 aromatic rings. The molecule has 0 radical (unpaired) electrons. The lowest BCUT2D eigenvalue weighted by molar-refractivity contribution is 0.185. The van der Waals surface area contributed by atoms with Gasteiger partial charge in [0.15, 0.2) is 11.0 Å². The van der Waals surface area contributed by atoms with Gasteiger partial charge in [0, 0.05) is 28.8 Å². The number of hydrogen-bond acceptors (Lipinski definition) is 7. The first kappa shape index (κ1) is 22.8.